The molecule has 0 radical (unpaired) electrons. The van der Waals surface area contributed by atoms with E-state index in [0.29, 0.717) is 12.1 Å². The molecular formula is C7H6ClF5N2O3. The van der Waals surface area contributed by atoms with E-state index in [-0.39, 0.29) is 12.4 Å². The zero-order valence-corrected chi connectivity index (χ0v) is 9.10. The predicted octanol–water partition coefficient (Wildman–Crippen LogP) is 2.81. The van der Waals surface area contributed by atoms with Crippen molar-refractivity contribution in [3.63, 3.8) is 0 Å². The molecular weight excluding hydrogens is 291 g/mol. The number of furan rings is 1. The van der Waals surface area contributed by atoms with Gasteiger partial charge >= 0.3 is 18.0 Å². The highest BCUT2D eigenvalue weighted by atomic mass is 35.5. The summed E-state index contributed by atoms with van der Waals surface area (Å²) in [6, 6.07) is -1.60. The van der Waals surface area contributed by atoms with Crippen molar-refractivity contribution in [3.05, 3.63) is 28.0 Å². The lowest BCUT2D eigenvalue weighted by atomic mass is 10.1. The maximum absolute atomic E-state index is 12.7. The first-order valence-electron chi connectivity index (χ1n) is 4.01. The molecule has 0 saturated carbocycles. The first-order valence-corrected chi connectivity index (χ1v) is 4.01. The fourth-order valence-electron chi connectivity index (χ4n) is 0.962. The summed E-state index contributed by atoms with van der Waals surface area (Å²) in [5.74, 6) is -7.22. The molecule has 0 bridgehead atoms. The van der Waals surface area contributed by atoms with Crippen LogP contribution in [0.25, 0.3) is 0 Å². The summed E-state index contributed by atoms with van der Waals surface area (Å²) in [7, 11) is 0. The van der Waals surface area contributed by atoms with Gasteiger partial charge in [0.25, 0.3) is 0 Å². The number of hydrogen-bond donors (Lipinski definition) is 1. The molecule has 11 heteroatoms. The molecule has 0 saturated heterocycles. The summed E-state index contributed by atoms with van der Waals surface area (Å²) in [4.78, 5) is 9.06. The molecule has 0 amide bonds. The third-order valence-corrected chi connectivity index (χ3v) is 1.87. The molecule has 18 heavy (non-hydrogen) atoms. The third kappa shape index (κ3) is 2.88. The Morgan fingerprint density at radius 1 is 1.28 bits per heavy atom. The van der Waals surface area contributed by atoms with E-state index in [4.69, 9.17) is 0 Å². The van der Waals surface area contributed by atoms with Gasteiger partial charge in [-0.15, -0.1) is 12.4 Å². The SMILES string of the molecule is Cl.N[C@@H](c1ccc([N+](=O)[O-])o1)C(F)(F)C(F)(F)F. The minimum absolute atomic E-state index is 0. The number of nitro groups is 1. The smallest absolute Gasteiger partial charge is 0.404 e. The number of hydrogen-bond acceptors (Lipinski definition) is 4. The Morgan fingerprint density at radius 2 is 1.78 bits per heavy atom. The van der Waals surface area contributed by atoms with Gasteiger partial charge in [0.2, 0.25) is 0 Å². The van der Waals surface area contributed by atoms with Crippen LogP contribution < -0.4 is 5.73 Å². The van der Waals surface area contributed by atoms with Gasteiger partial charge in [-0.3, -0.25) is 10.1 Å². The molecule has 104 valence electrons. The number of alkyl halides is 5. The Morgan fingerprint density at radius 3 is 2.11 bits per heavy atom. The van der Waals surface area contributed by atoms with Gasteiger partial charge in [0.05, 0.1) is 6.07 Å². The lowest BCUT2D eigenvalue weighted by Crippen LogP contribution is -2.45. The Kier molecular flexibility index (Phi) is 4.66. The molecule has 2 N–H and O–H groups in total. The van der Waals surface area contributed by atoms with Crippen LogP contribution in [-0.4, -0.2) is 17.0 Å². The molecule has 1 aromatic rings. The standard InChI is InChI=1S/C7H5F5N2O3.ClH/c8-6(9,7(10,11)12)5(13)3-1-2-4(17-3)14(15)16;/h1-2,5H,13H2;1H/t5-;/m0./s1. The van der Waals surface area contributed by atoms with Crippen molar-refractivity contribution in [2.45, 2.75) is 18.1 Å². The van der Waals surface area contributed by atoms with Crippen LogP contribution in [0.5, 0.6) is 0 Å². The minimum Gasteiger partial charge on any atom is -0.404 e. The molecule has 0 aliphatic rings. The van der Waals surface area contributed by atoms with Crippen molar-refractivity contribution >= 4 is 18.3 Å². The summed E-state index contributed by atoms with van der Waals surface area (Å²) < 4.78 is 65.5. The van der Waals surface area contributed by atoms with E-state index < -0.39 is 34.7 Å². The van der Waals surface area contributed by atoms with Crippen LogP contribution in [0, 0.1) is 10.1 Å². The average molecular weight is 297 g/mol. The molecule has 0 aromatic carbocycles. The van der Waals surface area contributed by atoms with Crippen LogP contribution in [0.4, 0.5) is 27.8 Å². The summed E-state index contributed by atoms with van der Waals surface area (Å²) in [6.07, 6.45) is -5.87. The van der Waals surface area contributed by atoms with Crippen molar-refractivity contribution < 1.29 is 31.3 Å². The van der Waals surface area contributed by atoms with Crippen LogP contribution in [0.1, 0.15) is 11.8 Å². The highest BCUT2D eigenvalue weighted by Crippen LogP contribution is 2.43. The fourth-order valence-corrected chi connectivity index (χ4v) is 0.962. The summed E-state index contributed by atoms with van der Waals surface area (Å²) in [6.45, 7) is 0. The normalized spacial score (nSPS) is 13.9. The van der Waals surface area contributed by atoms with Crippen molar-refractivity contribution in [2.75, 3.05) is 0 Å². The maximum atomic E-state index is 12.7. The maximum Gasteiger partial charge on any atom is 0.455 e. The summed E-state index contributed by atoms with van der Waals surface area (Å²) in [5, 5.41) is 10.1. The van der Waals surface area contributed by atoms with Gasteiger partial charge in [-0.2, -0.15) is 22.0 Å². The Bertz CT molecular complexity index is 433. The van der Waals surface area contributed by atoms with Gasteiger partial charge in [0, 0.05) is 0 Å². The molecule has 1 rings (SSSR count). The van der Waals surface area contributed by atoms with Crippen molar-refractivity contribution in [2.24, 2.45) is 5.73 Å². The van der Waals surface area contributed by atoms with Crippen LogP contribution >= 0.6 is 12.4 Å². The van der Waals surface area contributed by atoms with Crippen LogP contribution in [0.3, 0.4) is 0 Å². The molecule has 1 atom stereocenters. The molecule has 0 aliphatic heterocycles. The first kappa shape index (κ1) is 16.6. The fraction of sp³-hybridized carbons (Fsp3) is 0.429. The molecule has 0 aliphatic carbocycles. The van der Waals surface area contributed by atoms with Crippen molar-refractivity contribution in [1.29, 1.82) is 0 Å². The highest BCUT2D eigenvalue weighted by Gasteiger charge is 2.62. The van der Waals surface area contributed by atoms with E-state index in [0.717, 1.165) is 0 Å². The predicted molar refractivity (Wildman–Crippen MR) is 50.5 cm³/mol. The molecule has 1 aromatic heterocycles. The number of nitrogens with two attached hydrogens (primary N) is 1. The quantitative estimate of drug-likeness (QED) is 0.528. The van der Waals surface area contributed by atoms with E-state index in [2.05, 4.69) is 10.2 Å². The molecule has 0 fully saturated rings. The zero-order chi connectivity index (χ0) is 13.4. The Balaban J connectivity index is 0.00000289. The molecule has 0 spiro atoms. The van der Waals surface area contributed by atoms with Gasteiger partial charge in [-0.25, -0.2) is 0 Å². The monoisotopic (exact) mass is 296 g/mol. The van der Waals surface area contributed by atoms with Gasteiger partial charge < -0.3 is 10.2 Å². The van der Waals surface area contributed by atoms with E-state index in [9.17, 15) is 32.1 Å². The summed E-state index contributed by atoms with van der Waals surface area (Å²) >= 11 is 0. The lowest BCUT2D eigenvalue weighted by Gasteiger charge is -2.23. The molecule has 5 nitrogen and oxygen atoms in total. The van der Waals surface area contributed by atoms with Gasteiger partial charge in [0.1, 0.15) is 16.7 Å². The highest BCUT2D eigenvalue weighted by molar-refractivity contribution is 5.85. The Labute approximate surface area is 102 Å². The second kappa shape index (κ2) is 5.06. The van der Waals surface area contributed by atoms with E-state index >= 15 is 0 Å². The van der Waals surface area contributed by atoms with Crippen molar-refractivity contribution in [1.82, 2.24) is 0 Å². The first-order chi connectivity index (χ1) is 7.57. The third-order valence-electron chi connectivity index (χ3n) is 1.87. The van der Waals surface area contributed by atoms with Crippen LogP contribution in [-0.2, 0) is 0 Å². The van der Waals surface area contributed by atoms with Gasteiger partial charge in [-0.1, -0.05) is 0 Å². The largest absolute Gasteiger partial charge is 0.455 e. The average Bonchev–Trinajstić information content (AvgIpc) is 2.63. The second-order valence-electron chi connectivity index (χ2n) is 3.03. The van der Waals surface area contributed by atoms with Gasteiger partial charge in [-0.05, 0) is 6.07 Å². The van der Waals surface area contributed by atoms with Crippen LogP contribution in [0.2, 0.25) is 0 Å². The van der Waals surface area contributed by atoms with Crippen molar-refractivity contribution in [3.8, 4) is 0 Å². The minimum atomic E-state index is -5.87. The number of rotatable bonds is 3. The van der Waals surface area contributed by atoms with Crippen LogP contribution in [0.15, 0.2) is 16.5 Å². The number of halogens is 6. The Hall–Kier alpha value is -1.42. The molecule has 1 heterocycles. The van der Waals surface area contributed by atoms with E-state index in [1.165, 1.54) is 0 Å². The van der Waals surface area contributed by atoms with Gasteiger partial charge in [0.15, 0.2) is 0 Å². The zero-order valence-electron chi connectivity index (χ0n) is 8.28. The molecule has 0 unspecified atom stereocenters. The van der Waals surface area contributed by atoms with E-state index in [1.54, 1.807) is 0 Å². The summed E-state index contributed by atoms with van der Waals surface area (Å²) in [5.41, 5.74) is 4.69. The van der Waals surface area contributed by atoms with E-state index in [1.807, 2.05) is 0 Å². The second-order valence-corrected chi connectivity index (χ2v) is 3.03. The number of nitrogens with zero attached hydrogens (tertiary/aromatic N) is 1. The lowest BCUT2D eigenvalue weighted by molar-refractivity contribution is -0.402. The topological polar surface area (TPSA) is 82.3 Å².